The van der Waals surface area contributed by atoms with Gasteiger partial charge in [0.25, 0.3) is 0 Å². The van der Waals surface area contributed by atoms with E-state index in [9.17, 15) is 9.59 Å². The molecule has 0 spiro atoms. The van der Waals surface area contributed by atoms with Crippen LogP contribution in [0.1, 0.15) is 27.0 Å². The lowest BCUT2D eigenvalue weighted by atomic mass is 10.0. The number of aryl methyl sites for hydroxylation is 2. The van der Waals surface area contributed by atoms with Gasteiger partial charge in [-0.2, -0.15) is 0 Å². The minimum absolute atomic E-state index is 0.224. The van der Waals surface area contributed by atoms with Gasteiger partial charge in [-0.05, 0) is 49.2 Å². The van der Waals surface area contributed by atoms with Crippen LogP contribution in [0.25, 0.3) is 11.0 Å². The van der Waals surface area contributed by atoms with Crippen molar-refractivity contribution in [3.8, 4) is 5.75 Å². The van der Waals surface area contributed by atoms with Crippen LogP contribution in [0.4, 0.5) is 0 Å². The molecule has 25 heavy (non-hydrogen) atoms. The summed E-state index contributed by atoms with van der Waals surface area (Å²) >= 11 is 0. The van der Waals surface area contributed by atoms with Crippen molar-refractivity contribution in [2.24, 2.45) is 0 Å². The molecule has 0 aliphatic heterocycles. The number of carbonyl (C=O) groups excluding carboxylic acids is 1. The Bertz CT molecular complexity index is 983. The first-order valence-electron chi connectivity index (χ1n) is 7.83. The number of carbonyl (C=O) groups is 1. The molecule has 0 amide bonds. The maximum absolute atomic E-state index is 11.9. The molecule has 3 aromatic rings. The normalized spacial score (nSPS) is 10.7. The molecule has 5 nitrogen and oxygen atoms in total. The number of ether oxygens (including phenoxy) is 2. The molecule has 0 saturated carbocycles. The van der Waals surface area contributed by atoms with Gasteiger partial charge in [0.2, 0.25) is 0 Å². The van der Waals surface area contributed by atoms with Crippen molar-refractivity contribution in [3.63, 3.8) is 0 Å². The number of benzene rings is 2. The Morgan fingerprint density at radius 1 is 1.08 bits per heavy atom. The fraction of sp³-hybridized carbons (Fsp3) is 0.200. The average Bonchev–Trinajstić information content (AvgIpc) is 2.63. The number of hydrogen-bond donors (Lipinski definition) is 0. The maximum atomic E-state index is 11.9. The molecule has 0 saturated heterocycles. The first-order chi connectivity index (χ1) is 12.0. The van der Waals surface area contributed by atoms with Crippen molar-refractivity contribution in [3.05, 3.63) is 75.1 Å². The van der Waals surface area contributed by atoms with Crippen LogP contribution in [-0.2, 0) is 11.3 Å². The maximum Gasteiger partial charge on any atom is 0.337 e. The van der Waals surface area contributed by atoms with E-state index in [1.54, 1.807) is 24.3 Å². The minimum Gasteiger partial charge on any atom is -0.489 e. The van der Waals surface area contributed by atoms with Crippen LogP contribution >= 0.6 is 0 Å². The Hall–Kier alpha value is -3.08. The zero-order valence-electron chi connectivity index (χ0n) is 14.3. The molecular formula is C20H18O5. The van der Waals surface area contributed by atoms with E-state index in [0.717, 1.165) is 22.1 Å². The van der Waals surface area contributed by atoms with Crippen molar-refractivity contribution < 1.29 is 18.7 Å². The first kappa shape index (κ1) is 16.8. The highest BCUT2D eigenvalue weighted by Gasteiger charge is 2.10. The summed E-state index contributed by atoms with van der Waals surface area (Å²) in [7, 11) is 1.34. The van der Waals surface area contributed by atoms with Gasteiger partial charge >= 0.3 is 11.6 Å². The van der Waals surface area contributed by atoms with E-state index >= 15 is 0 Å². The molecule has 1 aromatic heterocycles. The summed E-state index contributed by atoms with van der Waals surface area (Å²) in [6, 6.07) is 12.0. The van der Waals surface area contributed by atoms with Gasteiger partial charge in [-0.25, -0.2) is 9.59 Å². The summed E-state index contributed by atoms with van der Waals surface area (Å²) < 4.78 is 15.8. The van der Waals surface area contributed by atoms with Crippen molar-refractivity contribution in [2.75, 3.05) is 7.11 Å². The van der Waals surface area contributed by atoms with Crippen molar-refractivity contribution >= 4 is 16.9 Å². The summed E-state index contributed by atoms with van der Waals surface area (Å²) in [6.45, 7) is 4.12. The Morgan fingerprint density at radius 2 is 1.80 bits per heavy atom. The smallest absolute Gasteiger partial charge is 0.337 e. The van der Waals surface area contributed by atoms with Gasteiger partial charge in [0.1, 0.15) is 17.9 Å². The fourth-order valence-electron chi connectivity index (χ4n) is 2.61. The predicted octanol–water partition coefficient (Wildman–Crippen LogP) is 3.78. The highest BCUT2D eigenvalue weighted by Crippen LogP contribution is 2.24. The van der Waals surface area contributed by atoms with E-state index in [-0.39, 0.29) is 6.61 Å². The van der Waals surface area contributed by atoms with Gasteiger partial charge in [0, 0.05) is 17.0 Å². The zero-order chi connectivity index (χ0) is 18.0. The summed E-state index contributed by atoms with van der Waals surface area (Å²) in [5, 5.41) is 0.855. The number of esters is 1. The lowest BCUT2D eigenvalue weighted by molar-refractivity contribution is 0.0600. The fourth-order valence-corrected chi connectivity index (χ4v) is 2.61. The molecule has 128 valence electrons. The summed E-state index contributed by atoms with van der Waals surface area (Å²) in [5.74, 6) is 0.196. The first-order valence-corrected chi connectivity index (χ1v) is 7.83. The lowest BCUT2D eigenvalue weighted by Crippen LogP contribution is -2.05. The van der Waals surface area contributed by atoms with Crippen molar-refractivity contribution in [2.45, 2.75) is 20.5 Å². The minimum atomic E-state index is -0.402. The lowest BCUT2D eigenvalue weighted by Gasteiger charge is -2.10. The van der Waals surface area contributed by atoms with Gasteiger partial charge < -0.3 is 13.9 Å². The van der Waals surface area contributed by atoms with Crippen molar-refractivity contribution in [1.82, 2.24) is 0 Å². The summed E-state index contributed by atoms with van der Waals surface area (Å²) in [5.41, 5.74) is 3.40. The van der Waals surface area contributed by atoms with E-state index in [4.69, 9.17) is 9.15 Å². The zero-order valence-corrected chi connectivity index (χ0v) is 14.3. The third-order valence-corrected chi connectivity index (χ3v) is 4.19. The van der Waals surface area contributed by atoms with Gasteiger partial charge in [0.15, 0.2) is 0 Å². The SMILES string of the molecule is COC(=O)c1ccc(OCc2cc(=O)oc3c(C)c(C)ccc23)cc1. The van der Waals surface area contributed by atoms with Gasteiger partial charge in [0.05, 0.1) is 12.7 Å². The molecule has 0 bridgehead atoms. The van der Waals surface area contributed by atoms with E-state index in [1.165, 1.54) is 13.2 Å². The molecule has 1 heterocycles. The Kier molecular flexibility index (Phi) is 4.57. The number of rotatable bonds is 4. The number of hydrogen-bond acceptors (Lipinski definition) is 5. The van der Waals surface area contributed by atoms with Crippen LogP contribution in [0.3, 0.4) is 0 Å². The second-order valence-electron chi connectivity index (χ2n) is 5.78. The molecule has 0 aliphatic carbocycles. The molecule has 0 aliphatic rings. The molecule has 0 fully saturated rings. The van der Waals surface area contributed by atoms with E-state index in [2.05, 4.69) is 4.74 Å². The molecule has 0 unspecified atom stereocenters. The van der Waals surface area contributed by atoms with Crippen LogP contribution in [0, 0.1) is 13.8 Å². The Morgan fingerprint density at radius 3 is 2.48 bits per heavy atom. The van der Waals surface area contributed by atoms with Crippen LogP contribution in [0.5, 0.6) is 5.75 Å². The third-order valence-electron chi connectivity index (χ3n) is 4.19. The summed E-state index contributed by atoms with van der Waals surface area (Å²) in [4.78, 5) is 23.3. The van der Waals surface area contributed by atoms with E-state index in [1.807, 2.05) is 26.0 Å². The predicted molar refractivity (Wildman–Crippen MR) is 94.1 cm³/mol. The highest BCUT2D eigenvalue weighted by atomic mass is 16.5. The topological polar surface area (TPSA) is 65.7 Å². The van der Waals surface area contributed by atoms with Gasteiger partial charge in [-0.3, -0.25) is 0 Å². The molecular weight excluding hydrogens is 320 g/mol. The molecule has 5 heteroatoms. The molecule has 3 rings (SSSR count). The Balaban J connectivity index is 1.87. The monoisotopic (exact) mass is 338 g/mol. The number of fused-ring (bicyclic) bond motifs is 1. The van der Waals surface area contributed by atoms with Gasteiger partial charge in [-0.15, -0.1) is 0 Å². The average molecular weight is 338 g/mol. The number of methoxy groups -OCH3 is 1. The quantitative estimate of drug-likeness (QED) is 0.535. The second kappa shape index (κ2) is 6.81. The Labute approximate surface area is 144 Å². The highest BCUT2D eigenvalue weighted by molar-refractivity contribution is 5.89. The molecule has 2 aromatic carbocycles. The van der Waals surface area contributed by atoms with Crippen LogP contribution < -0.4 is 10.4 Å². The second-order valence-corrected chi connectivity index (χ2v) is 5.78. The van der Waals surface area contributed by atoms with Gasteiger partial charge in [-0.1, -0.05) is 12.1 Å². The van der Waals surface area contributed by atoms with E-state index < -0.39 is 11.6 Å². The van der Waals surface area contributed by atoms with Crippen LogP contribution in [-0.4, -0.2) is 13.1 Å². The van der Waals surface area contributed by atoms with Crippen LogP contribution in [0.2, 0.25) is 0 Å². The molecule has 0 atom stereocenters. The van der Waals surface area contributed by atoms with E-state index in [0.29, 0.717) is 16.9 Å². The largest absolute Gasteiger partial charge is 0.489 e. The standard InChI is InChI=1S/C20H18O5/c1-12-4-9-17-15(10-18(21)25-19(17)13(12)2)11-24-16-7-5-14(6-8-16)20(22)23-3/h4-10H,11H2,1-3H3. The molecule has 0 N–H and O–H groups in total. The van der Waals surface area contributed by atoms with Crippen molar-refractivity contribution in [1.29, 1.82) is 0 Å². The molecule has 0 radical (unpaired) electrons. The third kappa shape index (κ3) is 3.40. The summed E-state index contributed by atoms with van der Waals surface area (Å²) in [6.07, 6.45) is 0. The van der Waals surface area contributed by atoms with Crippen LogP contribution in [0.15, 0.2) is 51.7 Å².